The molecule has 0 amide bonds. The van der Waals surface area contributed by atoms with Gasteiger partial charge in [-0.2, -0.15) is 0 Å². The maximum atomic E-state index is 5.49. The number of morpholine rings is 1. The molecule has 1 unspecified atom stereocenters. The van der Waals surface area contributed by atoms with E-state index in [1.165, 1.54) is 12.0 Å². The minimum atomic E-state index is 0.0416. The van der Waals surface area contributed by atoms with Gasteiger partial charge in [0.15, 0.2) is 5.96 Å². The summed E-state index contributed by atoms with van der Waals surface area (Å²) in [6.45, 7) is 17.4. The van der Waals surface area contributed by atoms with Crippen LogP contribution < -0.4 is 10.6 Å². The molecule has 0 spiro atoms. The molecule has 28 heavy (non-hydrogen) atoms. The van der Waals surface area contributed by atoms with Crippen molar-refractivity contribution in [1.82, 2.24) is 20.4 Å². The predicted octanol–water partition coefficient (Wildman–Crippen LogP) is 2.16. The van der Waals surface area contributed by atoms with Crippen molar-refractivity contribution < 1.29 is 4.74 Å². The summed E-state index contributed by atoms with van der Waals surface area (Å²) in [6.07, 6.45) is 1.18. The highest BCUT2D eigenvalue weighted by atomic mass is 32.1. The molecule has 1 aromatic heterocycles. The Balaban J connectivity index is 1.51. The van der Waals surface area contributed by atoms with Crippen LogP contribution in [-0.2, 0) is 17.7 Å². The second-order valence-corrected chi connectivity index (χ2v) is 9.43. The second kappa shape index (κ2) is 10.1. The molecule has 1 fully saturated rings. The zero-order chi connectivity index (χ0) is 20.0. The van der Waals surface area contributed by atoms with Gasteiger partial charge in [0.25, 0.3) is 0 Å². The zero-order valence-electron chi connectivity index (χ0n) is 18.0. The fourth-order valence-electron chi connectivity index (χ4n) is 3.90. The minimum absolute atomic E-state index is 0.0416. The summed E-state index contributed by atoms with van der Waals surface area (Å²) >= 11 is 1.90. The van der Waals surface area contributed by atoms with Gasteiger partial charge in [-0.25, -0.2) is 0 Å². The van der Waals surface area contributed by atoms with E-state index in [4.69, 9.17) is 9.73 Å². The van der Waals surface area contributed by atoms with Crippen LogP contribution in [0, 0.1) is 0 Å². The first-order valence-electron chi connectivity index (χ1n) is 10.6. The molecule has 7 heteroatoms. The number of hydrogen-bond donors (Lipinski definition) is 2. The summed E-state index contributed by atoms with van der Waals surface area (Å²) in [5, 5.41) is 9.20. The highest BCUT2D eigenvalue weighted by Crippen LogP contribution is 2.25. The molecule has 158 valence electrons. The Kier molecular flexibility index (Phi) is 7.74. The Morgan fingerprint density at radius 3 is 2.82 bits per heavy atom. The molecule has 0 saturated carbocycles. The lowest BCUT2D eigenvalue weighted by molar-refractivity contribution is -0.00684. The van der Waals surface area contributed by atoms with Crippen molar-refractivity contribution in [2.75, 3.05) is 52.5 Å². The molecule has 3 rings (SSSR count). The summed E-state index contributed by atoms with van der Waals surface area (Å²) in [4.78, 5) is 11.5. The van der Waals surface area contributed by atoms with Gasteiger partial charge in [0.05, 0.1) is 19.8 Å². The summed E-state index contributed by atoms with van der Waals surface area (Å²) in [6, 6.07) is 2.76. The number of rotatable bonds is 7. The van der Waals surface area contributed by atoms with Crippen molar-refractivity contribution in [3.05, 3.63) is 21.9 Å². The average Bonchev–Trinajstić information content (AvgIpc) is 3.18. The summed E-state index contributed by atoms with van der Waals surface area (Å²) in [5.74, 6) is 0.920. The third kappa shape index (κ3) is 5.69. The number of guanidine groups is 1. The van der Waals surface area contributed by atoms with Crippen LogP contribution in [0.2, 0.25) is 0 Å². The fourth-order valence-corrected chi connectivity index (χ4v) is 4.79. The summed E-state index contributed by atoms with van der Waals surface area (Å²) < 4.78 is 5.49. The maximum absolute atomic E-state index is 5.49. The molecule has 1 atom stereocenters. The summed E-state index contributed by atoms with van der Waals surface area (Å²) in [7, 11) is 0. The van der Waals surface area contributed by atoms with Crippen LogP contribution in [-0.4, -0.2) is 79.8 Å². The van der Waals surface area contributed by atoms with E-state index in [2.05, 4.69) is 59.6 Å². The molecule has 2 aliphatic heterocycles. The Labute approximate surface area is 174 Å². The monoisotopic (exact) mass is 407 g/mol. The Bertz CT molecular complexity index is 638. The molecule has 6 nitrogen and oxygen atoms in total. The minimum Gasteiger partial charge on any atom is -0.379 e. The van der Waals surface area contributed by atoms with E-state index >= 15 is 0 Å². The maximum Gasteiger partial charge on any atom is 0.191 e. The predicted molar refractivity (Wildman–Crippen MR) is 118 cm³/mol. The first kappa shape index (κ1) is 21.6. The topological polar surface area (TPSA) is 52.1 Å². The van der Waals surface area contributed by atoms with Crippen LogP contribution in [0.25, 0.3) is 0 Å². The van der Waals surface area contributed by atoms with Crippen LogP contribution in [0.4, 0.5) is 0 Å². The first-order valence-corrected chi connectivity index (χ1v) is 11.5. The van der Waals surface area contributed by atoms with Crippen LogP contribution in [0.15, 0.2) is 16.4 Å². The van der Waals surface area contributed by atoms with Crippen LogP contribution in [0.3, 0.4) is 0 Å². The molecule has 1 aromatic rings. The van der Waals surface area contributed by atoms with Gasteiger partial charge in [0.2, 0.25) is 0 Å². The van der Waals surface area contributed by atoms with Gasteiger partial charge in [0, 0.05) is 55.7 Å². The van der Waals surface area contributed by atoms with Crippen molar-refractivity contribution >= 4 is 17.3 Å². The largest absolute Gasteiger partial charge is 0.379 e. The second-order valence-electron chi connectivity index (χ2n) is 8.43. The van der Waals surface area contributed by atoms with Crippen molar-refractivity contribution in [1.29, 1.82) is 0 Å². The molecule has 2 aliphatic rings. The van der Waals surface area contributed by atoms with Crippen molar-refractivity contribution in [2.24, 2.45) is 4.99 Å². The van der Waals surface area contributed by atoms with Crippen LogP contribution in [0.1, 0.15) is 38.1 Å². The van der Waals surface area contributed by atoms with Gasteiger partial charge in [-0.1, -0.05) is 0 Å². The lowest BCUT2D eigenvalue weighted by atomic mass is 10.0. The Morgan fingerprint density at radius 1 is 1.29 bits per heavy atom. The summed E-state index contributed by atoms with van der Waals surface area (Å²) in [5.41, 5.74) is 1.55. The van der Waals surface area contributed by atoms with Crippen LogP contribution in [0.5, 0.6) is 0 Å². The lowest BCUT2D eigenvalue weighted by Gasteiger charge is -2.40. The molecule has 2 N–H and O–H groups in total. The smallest absolute Gasteiger partial charge is 0.191 e. The standard InChI is InChI=1S/C21H37N5OS/c1-5-22-20(24-16-21(3,4)26-9-11-27-12-10-26)23-14-17(2)25-8-6-19-18(15-25)7-13-28-19/h7,13,17H,5-6,8-12,14-16H2,1-4H3,(H2,22,23,24). The number of aliphatic imine (C=N–C) groups is 1. The van der Waals surface area contributed by atoms with Crippen LogP contribution >= 0.6 is 11.3 Å². The quantitative estimate of drug-likeness (QED) is 0.536. The van der Waals surface area contributed by atoms with Gasteiger partial charge in [-0.3, -0.25) is 14.8 Å². The van der Waals surface area contributed by atoms with E-state index in [1.807, 2.05) is 11.3 Å². The average molecular weight is 408 g/mol. The molecule has 0 aromatic carbocycles. The van der Waals surface area contributed by atoms with Gasteiger partial charge in [-0.05, 0) is 51.1 Å². The SMILES string of the molecule is CCNC(=NCC(C)(C)N1CCOCC1)NCC(C)N1CCc2sccc2C1. The normalized spacial score (nSPS) is 20.6. The number of nitrogens with one attached hydrogen (secondary N) is 2. The number of nitrogens with zero attached hydrogens (tertiary/aromatic N) is 3. The molecular weight excluding hydrogens is 370 g/mol. The number of hydrogen-bond acceptors (Lipinski definition) is 5. The zero-order valence-corrected chi connectivity index (χ0v) is 18.8. The van der Waals surface area contributed by atoms with E-state index in [0.29, 0.717) is 6.04 Å². The third-order valence-electron chi connectivity index (χ3n) is 5.86. The first-order chi connectivity index (χ1) is 13.5. The molecule has 1 saturated heterocycles. The number of ether oxygens (including phenoxy) is 1. The lowest BCUT2D eigenvalue weighted by Crippen LogP contribution is -2.52. The number of fused-ring (bicyclic) bond motifs is 1. The van der Waals surface area contributed by atoms with E-state index in [-0.39, 0.29) is 5.54 Å². The number of thiophene rings is 1. The molecule has 0 radical (unpaired) electrons. The van der Waals surface area contributed by atoms with E-state index in [9.17, 15) is 0 Å². The van der Waals surface area contributed by atoms with Crippen molar-refractivity contribution in [3.8, 4) is 0 Å². The van der Waals surface area contributed by atoms with Crippen molar-refractivity contribution in [2.45, 2.75) is 52.2 Å². The highest BCUT2D eigenvalue weighted by molar-refractivity contribution is 7.10. The molecule has 0 bridgehead atoms. The van der Waals surface area contributed by atoms with E-state index < -0.39 is 0 Å². The Morgan fingerprint density at radius 2 is 2.07 bits per heavy atom. The van der Waals surface area contributed by atoms with E-state index in [0.717, 1.165) is 65.0 Å². The Hall–Kier alpha value is -1.15. The van der Waals surface area contributed by atoms with Gasteiger partial charge in [-0.15, -0.1) is 11.3 Å². The highest BCUT2D eigenvalue weighted by Gasteiger charge is 2.28. The molecule has 3 heterocycles. The van der Waals surface area contributed by atoms with Crippen molar-refractivity contribution in [3.63, 3.8) is 0 Å². The van der Waals surface area contributed by atoms with Gasteiger partial charge >= 0.3 is 0 Å². The fraction of sp³-hybridized carbons (Fsp3) is 0.762. The van der Waals surface area contributed by atoms with Gasteiger partial charge in [0.1, 0.15) is 0 Å². The molecular formula is C21H37N5OS. The van der Waals surface area contributed by atoms with E-state index in [1.54, 1.807) is 4.88 Å². The molecule has 0 aliphatic carbocycles. The third-order valence-corrected chi connectivity index (χ3v) is 6.88. The van der Waals surface area contributed by atoms with Gasteiger partial charge < -0.3 is 15.4 Å².